The highest BCUT2D eigenvalue weighted by molar-refractivity contribution is 5.27. The predicted octanol–water partition coefficient (Wildman–Crippen LogP) is 1.76. The van der Waals surface area contributed by atoms with E-state index in [0.29, 0.717) is 18.4 Å². The van der Waals surface area contributed by atoms with Gasteiger partial charge in [-0.25, -0.2) is 0 Å². The Hall–Kier alpha value is -1.72. The van der Waals surface area contributed by atoms with Gasteiger partial charge < -0.3 is 9.84 Å². The number of hydrogen-bond acceptors (Lipinski definition) is 5. The quantitative estimate of drug-likeness (QED) is 0.928. The molecule has 0 saturated carbocycles. The zero-order valence-corrected chi connectivity index (χ0v) is 12.7. The lowest BCUT2D eigenvalue weighted by molar-refractivity contribution is 0.160. The molecule has 3 rings (SSSR count). The third kappa shape index (κ3) is 3.49. The maximum Gasteiger partial charge on any atom is 0.231 e. The Morgan fingerprint density at radius 1 is 1.38 bits per heavy atom. The van der Waals surface area contributed by atoms with E-state index < -0.39 is 0 Å². The van der Waals surface area contributed by atoms with Crippen molar-refractivity contribution in [1.82, 2.24) is 20.4 Å². The summed E-state index contributed by atoms with van der Waals surface area (Å²) in [5.74, 6) is 1.48. The van der Waals surface area contributed by atoms with E-state index in [1.165, 1.54) is 11.1 Å². The molecule has 1 atom stereocenters. The molecule has 1 aromatic carbocycles. The lowest BCUT2D eigenvalue weighted by atomic mass is 10.1. The summed E-state index contributed by atoms with van der Waals surface area (Å²) in [5.41, 5.74) is 2.50. The summed E-state index contributed by atoms with van der Waals surface area (Å²) in [6.07, 6.45) is 0.705. The fourth-order valence-electron chi connectivity index (χ4n) is 2.70. The van der Waals surface area contributed by atoms with Gasteiger partial charge in [0.25, 0.3) is 0 Å². The normalized spacial score (nSPS) is 19.8. The highest BCUT2D eigenvalue weighted by atomic mass is 16.5. The van der Waals surface area contributed by atoms with Crippen molar-refractivity contribution in [2.75, 3.05) is 19.6 Å². The van der Waals surface area contributed by atoms with E-state index in [-0.39, 0.29) is 0 Å². The number of hydrogen-bond donors (Lipinski definition) is 1. The fraction of sp³-hybridized carbons (Fsp3) is 0.500. The van der Waals surface area contributed by atoms with Crippen LogP contribution in [-0.2, 0) is 13.0 Å². The zero-order valence-electron chi connectivity index (χ0n) is 12.7. The molecule has 0 amide bonds. The van der Waals surface area contributed by atoms with Crippen LogP contribution in [0, 0.1) is 6.92 Å². The number of rotatable bonds is 4. The van der Waals surface area contributed by atoms with Gasteiger partial charge in [0.1, 0.15) is 0 Å². The summed E-state index contributed by atoms with van der Waals surface area (Å²) in [6, 6.07) is 8.82. The molecular weight excluding hydrogens is 264 g/mol. The van der Waals surface area contributed by atoms with E-state index in [1.807, 2.05) is 12.1 Å². The van der Waals surface area contributed by atoms with Gasteiger partial charge in [-0.15, -0.1) is 0 Å². The van der Waals surface area contributed by atoms with Crippen molar-refractivity contribution in [3.05, 3.63) is 47.1 Å². The van der Waals surface area contributed by atoms with Crippen LogP contribution in [0.2, 0.25) is 0 Å². The Kier molecular flexibility index (Phi) is 4.31. The predicted molar refractivity (Wildman–Crippen MR) is 81.0 cm³/mol. The number of nitrogens with zero attached hydrogens (tertiary/aromatic N) is 3. The molecule has 0 spiro atoms. The molecule has 1 aromatic heterocycles. The molecule has 5 heteroatoms. The number of aryl methyl sites for hydroxylation is 1. The van der Waals surface area contributed by atoms with Crippen molar-refractivity contribution in [2.45, 2.75) is 32.9 Å². The molecule has 1 aliphatic rings. The van der Waals surface area contributed by atoms with Crippen LogP contribution in [-0.4, -0.2) is 40.7 Å². The Balaban J connectivity index is 1.65. The molecule has 0 aliphatic carbocycles. The Morgan fingerprint density at radius 3 is 3.05 bits per heavy atom. The van der Waals surface area contributed by atoms with Crippen LogP contribution < -0.4 is 5.32 Å². The molecule has 1 aliphatic heterocycles. The average molecular weight is 286 g/mol. The Labute approximate surface area is 125 Å². The molecule has 0 radical (unpaired) electrons. The van der Waals surface area contributed by atoms with Crippen LogP contribution in [0.1, 0.15) is 29.8 Å². The smallest absolute Gasteiger partial charge is 0.231 e. The van der Waals surface area contributed by atoms with Crippen LogP contribution in [0.3, 0.4) is 0 Å². The molecule has 2 aromatic rings. The standard InChI is InChI=1S/C16H22N4O/c1-12-5-3-4-6-14(12)9-16-18-15(19-21-16)11-20-8-7-17-10-13(20)2/h3-6,13,17H,7-11H2,1-2H3/t13-/m0/s1. The van der Waals surface area contributed by atoms with Gasteiger partial charge in [0.2, 0.25) is 5.89 Å². The monoisotopic (exact) mass is 286 g/mol. The number of piperazine rings is 1. The summed E-state index contributed by atoms with van der Waals surface area (Å²) < 4.78 is 5.40. The summed E-state index contributed by atoms with van der Waals surface area (Å²) in [4.78, 5) is 6.92. The van der Waals surface area contributed by atoms with E-state index in [2.05, 4.69) is 46.3 Å². The largest absolute Gasteiger partial charge is 0.339 e. The third-order valence-electron chi connectivity index (χ3n) is 4.10. The molecule has 0 unspecified atom stereocenters. The molecule has 5 nitrogen and oxygen atoms in total. The van der Waals surface area contributed by atoms with Crippen molar-refractivity contribution >= 4 is 0 Å². The first-order valence-corrected chi connectivity index (χ1v) is 7.53. The number of nitrogens with one attached hydrogen (secondary N) is 1. The summed E-state index contributed by atoms with van der Waals surface area (Å²) in [7, 11) is 0. The van der Waals surface area contributed by atoms with Gasteiger partial charge in [-0.1, -0.05) is 29.4 Å². The summed E-state index contributed by atoms with van der Waals surface area (Å²) >= 11 is 0. The van der Waals surface area contributed by atoms with Gasteiger partial charge in [-0.2, -0.15) is 4.98 Å². The van der Waals surface area contributed by atoms with Crippen LogP contribution in [0.15, 0.2) is 28.8 Å². The molecule has 2 heterocycles. The zero-order chi connectivity index (χ0) is 14.7. The maximum atomic E-state index is 5.40. The van der Waals surface area contributed by atoms with Gasteiger partial charge in [0.15, 0.2) is 5.82 Å². The first kappa shape index (κ1) is 14.2. The second-order valence-corrected chi connectivity index (χ2v) is 5.73. The van der Waals surface area contributed by atoms with Crippen LogP contribution >= 0.6 is 0 Å². The molecule has 1 fully saturated rings. The molecule has 1 N–H and O–H groups in total. The minimum Gasteiger partial charge on any atom is -0.339 e. The van der Waals surface area contributed by atoms with Gasteiger partial charge in [0, 0.05) is 25.7 Å². The summed E-state index contributed by atoms with van der Waals surface area (Å²) in [5, 5.41) is 7.51. The highest BCUT2D eigenvalue weighted by Gasteiger charge is 2.20. The van der Waals surface area contributed by atoms with Gasteiger partial charge in [0.05, 0.1) is 13.0 Å². The van der Waals surface area contributed by atoms with Gasteiger partial charge in [-0.05, 0) is 25.0 Å². The van der Waals surface area contributed by atoms with Crippen LogP contribution in [0.5, 0.6) is 0 Å². The fourth-order valence-corrected chi connectivity index (χ4v) is 2.70. The molecule has 21 heavy (non-hydrogen) atoms. The first-order valence-electron chi connectivity index (χ1n) is 7.53. The van der Waals surface area contributed by atoms with Crippen molar-refractivity contribution < 1.29 is 4.52 Å². The maximum absolute atomic E-state index is 5.40. The molecule has 112 valence electrons. The van der Waals surface area contributed by atoms with Crippen LogP contribution in [0.4, 0.5) is 0 Å². The SMILES string of the molecule is Cc1ccccc1Cc1nc(CN2CCNC[C@@H]2C)no1. The number of benzene rings is 1. The Bertz CT molecular complexity index is 595. The first-order chi connectivity index (χ1) is 10.2. The van der Waals surface area contributed by atoms with E-state index in [9.17, 15) is 0 Å². The molecular formula is C16H22N4O. The minimum atomic E-state index is 0.511. The van der Waals surface area contributed by atoms with E-state index in [4.69, 9.17) is 4.52 Å². The average Bonchev–Trinajstić information content (AvgIpc) is 2.91. The Morgan fingerprint density at radius 2 is 2.24 bits per heavy atom. The lowest BCUT2D eigenvalue weighted by Gasteiger charge is -2.32. The molecule has 1 saturated heterocycles. The third-order valence-corrected chi connectivity index (χ3v) is 4.10. The second-order valence-electron chi connectivity index (χ2n) is 5.73. The van der Waals surface area contributed by atoms with Gasteiger partial charge >= 0.3 is 0 Å². The van der Waals surface area contributed by atoms with Crippen molar-refractivity contribution in [1.29, 1.82) is 0 Å². The van der Waals surface area contributed by atoms with Crippen LogP contribution in [0.25, 0.3) is 0 Å². The lowest BCUT2D eigenvalue weighted by Crippen LogP contribution is -2.49. The van der Waals surface area contributed by atoms with Crippen molar-refractivity contribution in [2.24, 2.45) is 0 Å². The number of aromatic nitrogens is 2. The van der Waals surface area contributed by atoms with E-state index in [1.54, 1.807) is 0 Å². The van der Waals surface area contributed by atoms with Crippen molar-refractivity contribution in [3.8, 4) is 0 Å². The second kappa shape index (κ2) is 6.37. The highest BCUT2D eigenvalue weighted by Crippen LogP contribution is 2.13. The summed E-state index contributed by atoms with van der Waals surface area (Å²) in [6.45, 7) is 8.17. The van der Waals surface area contributed by atoms with E-state index >= 15 is 0 Å². The topological polar surface area (TPSA) is 54.2 Å². The molecule has 0 bridgehead atoms. The minimum absolute atomic E-state index is 0.511. The van der Waals surface area contributed by atoms with Gasteiger partial charge in [-0.3, -0.25) is 4.90 Å². The van der Waals surface area contributed by atoms with E-state index in [0.717, 1.165) is 32.0 Å². The van der Waals surface area contributed by atoms with Crippen molar-refractivity contribution in [3.63, 3.8) is 0 Å².